The van der Waals surface area contributed by atoms with Crippen molar-refractivity contribution in [3.63, 3.8) is 0 Å². The fourth-order valence-corrected chi connectivity index (χ4v) is 2.81. The molecule has 25 heavy (non-hydrogen) atoms. The monoisotopic (exact) mass is 340 g/mol. The number of benzene rings is 2. The molecular formula is C19H20N2O4. The molecule has 1 aliphatic rings. The van der Waals surface area contributed by atoms with Gasteiger partial charge in [0, 0.05) is 11.4 Å². The summed E-state index contributed by atoms with van der Waals surface area (Å²) < 4.78 is 11.1. The molecule has 0 aliphatic heterocycles. The number of hydrogen-bond acceptors (Lipinski definition) is 6. The van der Waals surface area contributed by atoms with E-state index in [1.54, 1.807) is 48.5 Å². The number of nitrogens with two attached hydrogens (primary N) is 2. The van der Waals surface area contributed by atoms with Crippen LogP contribution in [0.15, 0.2) is 48.5 Å². The minimum Gasteiger partial charge on any atom is -0.455 e. The summed E-state index contributed by atoms with van der Waals surface area (Å²) in [6.07, 6.45) is 1.28. The lowest BCUT2D eigenvalue weighted by Crippen LogP contribution is -2.30. The Balaban J connectivity index is 1.62. The molecule has 2 aromatic rings. The highest BCUT2D eigenvalue weighted by atomic mass is 16.6. The maximum absolute atomic E-state index is 12.2. The van der Waals surface area contributed by atoms with Crippen LogP contribution in [0.2, 0.25) is 0 Å². The Bertz CT molecular complexity index is 690. The van der Waals surface area contributed by atoms with Crippen LogP contribution in [0.5, 0.6) is 0 Å². The first-order valence-corrected chi connectivity index (χ1v) is 8.16. The average molecular weight is 340 g/mol. The summed E-state index contributed by atoms with van der Waals surface area (Å²) in [7, 11) is 0. The lowest BCUT2D eigenvalue weighted by Gasteiger charge is -2.20. The molecule has 0 heterocycles. The maximum Gasteiger partial charge on any atom is 0.338 e. The van der Waals surface area contributed by atoms with Crippen LogP contribution in [-0.2, 0) is 9.47 Å². The number of hydrogen-bond donors (Lipinski definition) is 2. The van der Waals surface area contributed by atoms with Crippen molar-refractivity contribution in [2.75, 3.05) is 11.5 Å². The van der Waals surface area contributed by atoms with E-state index in [1.807, 2.05) is 0 Å². The summed E-state index contributed by atoms with van der Waals surface area (Å²) in [6, 6.07) is 13.0. The third kappa shape index (κ3) is 4.09. The lowest BCUT2D eigenvalue weighted by atomic mass is 10.2. The van der Waals surface area contributed by atoms with E-state index in [2.05, 4.69) is 0 Å². The third-order valence-corrected chi connectivity index (χ3v) is 4.20. The Morgan fingerprint density at radius 1 is 0.720 bits per heavy atom. The fraction of sp³-hybridized carbons (Fsp3) is 0.263. The summed E-state index contributed by atoms with van der Waals surface area (Å²) in [5.41, 5.74) is 13.2. The molecule has 2 unspecified atom stereocenters. The topological polar surface area (TPSA) is 105 Å². The summed E-state index contributed by atoms with van der Waals surface area (Å²) >= 11 is 0. The summed E-state index contributed by atoms with van der Waals surface area (Å²) in [6.45, 7) is 0. The molecule has 0 amide bonds. The van der Waals surface area contributed by atoms with Crippen LogP contribution in [0.3, 0.4) is 0 Å². The second kappa shape index (κ2) is 7.25. The van der Waals surface area contributed by atoms with Gasteiger partial charge in [0.25, 0.3) is 0 Å². The molecule has 0 aromatic heterocycles. The number of rotatable bonds is 4. The average Bonchev–Trinajstić information content (AvgIpc) is 3.02. The number of esters is 2. The van der Waals surface area contributed by atoms with Crippen molar-refractivity contribution in [3.8, 4) is 0 Å². The molecule has 0 saturated heterocycles. The van der Waals surface area contributed by atoms with E-state index in [0.717, 1.165) is 6.42 Å². The van der Waals surface area contributed by atoms with Crippen LogP contribution in [-0.4, -0.2) is 24.1 Å². The molecule has 6 heteroatoms. The van der Waals surface area contributed by atoms with E-state index < -0.39 is 24.1 Å². The lowest BCUT2D eigenvalue weighted by molar-refractivity contribution is -0.0239. The summed E-state index contributed by atoms with van der Waals surface area (Å²) in [5.74, 6) is -0.888. The first-order valence-electron chi connectivity index (χ1n) is 8.16. The van der Waals surface area contributed by atoms with Gasteiger partial charge in [-0.3, -0.25) is 0 Å². The summed E-state index contributed by atoms with van der Waals surface area (Å²) in [4.78, 5) is 24.5. The highest BCUT2D eigenvalue weighted by Crippen LogP contribution is 2.27. The molecule has 1 fully saturated rings. The zero-order chi connectivity index (χ0) is 17.8. The molecule has 2 aromatic carbocycles. The molecule has 0 radical (unpaired) electrons. The van der Waals surface area contributed by atoms with E-state index >= 15 is 0 Å². The van der Waals surface area contributed by atoms with Gasteiger partial charge in [-0.25, -0.2) is 9.59 Å². The van der Waals surface area contributed by atoms with Crippen molar-refractivity contribution >= 4 is 23.3 Å². The second-order valence-corrected chi connectivity index (χ2v) is 6.06. The van der Waals surface area contributed by atoms with Crippen molar-refractivity contribution in [2.45, 2.75) is 31.5 Å². The number of carbonyl (C=O) groups is 2. The smallest absolute Gasteiger partial charge is 0.338 e. The quantitative estimate of drug-likeness (QED) is 0.655. The Hall–Kier alpha value is -3.02. The minimum absolute atomic E-state index is 0.421. The Morgan fingerprint density at radius 2 is 1.08 bits per heavy atom. The molecule has 6 nitrogen and oxygen atoms in total. The molecule has 0 bridgehead atoms. The van der Waals surface area contributed by atoms with Gasteiger partial charge in [-0.05, 0) is 67.8 Å². The molecule has 3 rings (SSSR count). The normalized spacial score (nSPS) is 19.4. The van der Waals surface area contributed by atoms with E-state index in [4.69, 9.17) is 20.9 Å². The van der Waals surface area contributed by atoms with Crippen molar-refractivity contribution in [1.82, 2.24) is 0 Å². The predicted octanol–water partition coefficient (Wildman–Crippen LogP) is 2.79. The largest absolute Gasteiger partial charge is 0.455 e. The van der Waals surface area contributed by atoms with Gasteiger partial charge in [-0.2, -0.15) is 0 Å². The highest BCUT2D eigenvalue weighted by molar-refractivity contribution is 5.90. The Labute approximate surface area is 145 Å². The SMILES string of the molecule is Nc1ccc(C(=O)OC2CCCC2OC(=O)c2ccc(N)cc2)cc1. The molecule has 1 aliphatic carbocycles. The Morgan fingerprint density at radius 3 is 1.44 bits per heavy atom. The van der Waals surface area contributed by atoms with Gasteiger partial charge >= 0.3 is 11.9 Å². The zero-order valence-corrected chi connectivity index (χ0v) is 13.7. The van der Waals surface area contributed by atoms with Gasteiger partial charge in [0.2, 0.25) is 0 Å². The van der Waals surface area contributed by atoms with Crippen molar-refractivity contribution in [1.29, 1.82) is 0 Å². The highest BCUT2D eigenvalue weighted by Gasteiger charge is 2.34. The van der Waals surface area contributed by atoms with E-state index in [-0.39, 0.29) is 0 Å². The van der Waals surface area contributed by atoms with Gasteiger partial charge in [-0.1, -0.05) is 0 Å². The molecular weight excluding hydrogens is 320 g/mol. The van der Waals surface area contributed by atoms with Crippen molar-refractivity contribution in [3.05, 3.63) is 59.7 Å². The first-order chi connectivity index (χ1) is 12.0. The molecule has 4 N–H and O–H groups in total. The molecule has 130 valence electrons. The van der Waals surface area contributed by atoms with Crippen molar-refractivity contribution in [2.24, 2.45) is 0 Å². The third-order valence-electron chi connectivity index (χ3n) is 4.20. The van der Waals surface area contributed by atoms with E-state index in [0.29, 0.717) is 35.3 Å². The van der Waals surface area contributed by atoms with Gasteiger partial charge in [-0.15, -0.1) is 0 Å². The molecule has 0 spiro atoms. The predicted molar refractivity (Wildman–Crippen MR) is 94.0 cm³/mol. The molecule has 2 atom stereocenters. The number of carbonyl (C=O) groups excluding carboxylic acids is 2. The number of ether oxygens (including phenoxy) is 2. The van der Waals surface area contributed by atoms with Crippen LogP contribution < -0.4 is 11.5 Å². The second-order valence-electron chi connectivity index (χ2n) is 6.06. The van der Waals surface area contributed by atoms with Gasteiger partial charge in [0.15, 0.2) is 0 Å². The number of nitrogen functional groups attached to an aromatic ring is 2. The van der Waals surface area contributed by atoms with Gasteiger partial charge < -0.3 is 20.9 Å². The van der Waals surface area contributed by atoms with Crippen LogP contribution in [0.1, 0.15) is 40.0 Å². The zero-order valence-electron chi connectivity index (χ0n) is 13.7. The first kappa shape index (κ1) is 16.8. The summed E-state index contributed by atoms with van der Waals surface area (Å²) in [5, 5.41) is 0. The van der Waals surface area contributed by atoms with E-state index in [1.165, 1.54) is 0 Å². The number of anilines is 2. The van der Waals surface area contributed by atoms with Crippen LogP contribution in [0.25, 0.3) is 0 Å². The van der Waals surface area contributed by atoms with E-state index in [9.17, 15) is 9.59 Å². The maximum atomic E-state index is 12.2. The van der Waals surface area contributed by atoms with Crippen LogP contribution in [0, 0.1) is 0 Å². The van der Waals surface area contributed by atoms with Gasteiger partial charge in [0.05, 0.1) is 11.1 Å². The fourth-order valence-electron chi connectivity index (χ4n) is 2.81. The Kier molecular flexibility index (Phi) is 4.88. The van der Waals surface area contributed by atoms with Crippen LogP contribution >= 0.6 is 0 Å². The standard InChI is InChI=1S/C19H20N2O4/c20-14-8-4-12(5-9-14)18(22)24-16-2-1-3-17(16)25-19(23)13-6-10-15(21)11-7-13/h4-11,16-17H,1-3,20-21H2. The van der Waals surface area contributed by atoms with Crippen molar-refractivity contribution < 1.29 is 19.1 Å². The minimum atomic E-state index is -0.444. The molecule has 1 saturated carbocycles. The van der Waals surface area contributed by atoms with Gasteiger partial charge in [0.1, 0.15) is 12.2 Å². The van der Waals surface area contributed by atoms with Crippen LogP contribution in [0.4, 0.5) is 11.4 Å².